The van der Waals surface area contributed by atoms with E-state index < -0.39 is 0 Å². The highest BCUT2D eigenvalue weighted by molar-refractivity contribution is 5.91. The molecule has 1 fully saturated rings. The minimum atomic E-state index is -0.245. The Kier molecular flexibility index (Phi) is 4.76. The van der Waals surface area contributed by atoms with Gasteiger partial charge in [-0.2, -0.15) is 0 Å². The van der Waals surface area contributed by atoms with Crippen LogP contribution in [0.2, 0.25) is 0 Å². The maximum absolute atomic E-state index is 11.8. The Balaban J connectivity index is 1.75. The van der Waals surface area contributed by atoms with Crippen molar-refractivity contribution >= 4 is 17.3 Å². The maximum Gasteiger partial charge on any atom is 0.225 e. The molecule has 0 spiro atoms. The van der Waals surface area contributed by atoms with Crippen molar-refractivity contribution in [2.45, 2.75) is 25.4 Å². The highest BCUT2D eigenvalue weighted by Gasteiger charge is 2.17. The lowest BCUT2D eigenvalue weighted by Crippen LogP contribution is -2.39. The van der Waals surface area contributed by atoms with Crippen LogP contribution in [0, 0.1) is 0 Å². The third kappa shape index (κ3) is 4.54. The van der Waals surface area contributed by atoms with Gasteiger partial charge in [0.25, 0.3) is 0 Å². The number of nitrogen functional groups attached to an aromatic ring is 1. The molecule has 1 saturated heterocycles. The van der Waals surface area contributed by atoms with Crippen molar-refractivity contribution in [3.63, 3.8) is 0 Å². The first-order chi connectivity index (χ1) is 9.13. The summed E-state index contributed by atoms with van der Waals surface area (Å²) in [7, 11) is 0. The summed E-state index contributed by atoms with van der Waals surface area (Å²) in [5, 5.41) is 12.4. The van der Waals surface area contributed by atoms with E-state index in [2.05, 4.69) is 10.2 Å². The molecule has 5 heteroatoms. The number of nitrogens with zero attached hydrogens (tertiary/aromatic N) is 1. The fraction of sp³-hybridized carbons (Fsp3) is 0.500. The summed E-state index contributed by atoms with van der Waals surface area (Å²) in [6.45, 7) is 2.32. The summed E-state index contributed by atoms with van der Waals surface area (Å²) in [5.41, 5.74) is 7.01. The zero-order valence-electron chi connectivity index (χ0n) is 11.0. The third-order valence-electron chi connectivity index (χ3n) is 3.31. The van der Waals surface area contributed by atoms with Crippen molar-refractivity contribution in [1.29, 1.82) is 0 Å². The van der Waals surface area contributed by atoms with E-state index in [1.807, 2.05) is 12.1 Å². The Bertz CT molecular complexity index is 436. The minimum absolute atomic E-state index is 0.0225. The number of β-amino-alcohol motifs (C(OH)–C–C–N with tert-alkyl or cyclic N) is 1. The lowest BCUT2D eigenvalue weighted by atomic mass is 10.1. The van der Waals surface area contributed by atoms with Crippen molar-refractivity contribution in [2.24, 2.45) is 0 Å². The summed E-state index contributed by atoms with van der Waals surface area (Å²) in [5.74, 6) is -0.0225. The molecule has 1 unspecified atom stereocenters. The second-order valence-electron chi connectivity index (χ2n) is 5.02. The number of carbonyl (C=O) groups is 1. The molecular weight excluding hydrogens is 242 g/mol. The van der Waals surface area contributed by atoms with Gasteiger partial charge in [-0.3, -0.25) is 4.79 Å². The quantitative estimate of drug-likeness (QED) is 0.710. The van der Waals surface area contributed by atoms with Crippen molar-refractivity contribution in [1.82, 2.24) is 4.90 Å². The second kappa shape index (κ2) is 6.54. The number of benzene rings is 1. The van der Waals surface area contributed by atoms with Gasteiger partial charge in [-0.1, -0.05) is 6.07 Å². The molecule has 0 radical (unpaired) electrons. The summed E-state index contributed by atoms with van der Waals surface area (Å²) in [6, 6.07) is 7.15. The average Bonchev–Trinajstić information content (AvgIpc) is 2.36. The number of likely N-dealkylation sites (tertiary alicyclic amines) is 1. The molecule has 0 aromatic heterocycles. The van der Waals surface area contributed by atoms with Gasteiger partial charge < -0.3 is 21.1 Å². The van der Waals surface area contributed by atoms with Crippen LogP contribution in [-0.4, -0.2) is 41.7 Å². The number of nitrogens with one attached hydrogen (secondary N) is 1. The normalized spacial score (nSPS) is 20.2. The van der Waals surface area contributed by atoms with Gasteiger partial charge in [-0.25, -0.2) is 0 Å². The third-order valence-corrected chi connectivity index (χ3v) is 3.31. The molecular formula is C14H21N3O2. The van der Waals surface area contributed by atoms with Gasteiger partial charge in [0.05, 0.1) is 6.10 Å². The lowest BCUT2D eigenvalue weighted by molar-refractivity contribution is -0.116. The Morgan fingerprint density at radius 1 is 1.53 bits per heavy atom. The number of anilines is 2. The summed E-state index contributed by atoms with van der Waals surface area (Å²) < 4.78 is 0. The lowest BCUT2D eigenvalue weighted by Gasteiger charge is -2.29. The van der Waals surface area contributed by atoms with Crippen LogP contribution in [-0.2, 0) is 4.79 Å². The molecule has 4 N–H and O–H groups in total. The largest absolute Gasteiger partial charge is 0.399 e. The van der Waals surface area contributed by atoms with Crippen LogP contribution in [0.3, 0.4) is 0 Å². The van der Waals surface area contributed by atoms with Gasteiger partial charge in [0, 0.05) is 30.9 Å². The SMILES string of the molecule is Nc1cccc(NC(=O)CCN2CCCC(O)C2)c1. The van der Waals surface area contributed by atoms with Crippen LogP contribution in [0.4, 0.5) is 11.4 Å². The molecule has 19 heavy (non-hydrogen) atoms. The predicted octanol–water partition coefficient (Wildman–Crippen LogP) is 1.05. The zero-order valence-corrected chi connectivity index (χ0v) is 11.0. The molecule has 0 bridgehead atoms. The molecule has 1 atom stereocenters. The van der Waals surface area contributed by atoms with Crippen LogP contribution in [0.15, 0.2) is 24.3 Å². The zero-order chi connectivity index (χ0) is 13.7. The Labute approximate surface area is 113 Å². The highest BCUT2D eigenvalue weighted by atomic mass is 16.3. The van der Waals surface area contributed by atoms with Gasteiger partial charge in [-0.05, 0) is 37.6 Å². The van der Waals surface area contributed by atoms with Crippen LogP contribution in [0.25, 0.3) is 0 Å². The van der Waals surface area contributed by atoms with Gasteiger partial charge >= 0.3 is 0 Å². The maximum atomic E-state index is 11.8. The van der Waals surface area contributed by atoms with Gasteiger partial charge in [0.2, 0.25) is 5.91 Å². The molecule has 1 aliphatic rings. The van der Waals surface area contributed by atoms with Crippen LogP contribution in [0.5, 0.6) is 0 Å². The first-order valence-corrected chi connectivity index (χ1v) is 6.69. The van der Waals surface area contributed by atoms with E-state index in [0.717, 1.165) is 25.1 Å². The number of aliphatic hydroxyl groups is 1. The second-order valence-corrected chi connectivity index (χ2v) is 5.02. The van der Waals surface area contributed by atoms with E-state index in [-0.39, 0.29) is 12.0 Å². The average molecular weight is 263 g/mol. The van der Waals surface area contributed by atoms with E-state index >= 15 is 0 Å². The smallest absolute Gasteiger partial charge is 0.225 e. The van der Waals surface area contributed by atoms with Gasteiger partial charge in [0.1, 0.15) is 0 Å². The molecule has 0 saturated carbocycles. The van der Waals surface area contributed by atoms with Crippen molar-refractivity contribution < 1.29 is 9.90 Å². The number of nitrogens with two attached hydrogens (primary N) is 1. The number of hydrogen-bond acceptors (Lipinski definition) is 4. The van der Waals surface area contributed by atoms with Crippen molar-refractivity contribution in [3.05, 3.63) is 24.3 Å². The van der Waals surface area contributed by atoms with Crippen LogP contribution < -0.4 is 11.1 Å². The monoisotopic (exact) mass is 263 g/mol. The van der Waals surface area contributed by atoms with Crippen molar-refractivity contribution in [3.8, 4) is 0 Å². The van der Waals surface area contributed by atoms with E-state index in [9.17, 15) is 9.90 Å². The standard InChI is InChI=1S/C14H21N3O2/c15-11-3-1-4-12(9-11)16-14(19)6-8-17-7-2-5-13(18)10-17/h1,3-4,9,13,18H,2,5-8,10,15H2,(H,16,19). The molecule has 0 aliphatic carbocycles. The number of piperidine rings is 1. The summed E-state index contributed by atoms with van der Waals surface area (Å²) >= 11 is 0. The Morgan fingerprint density at radius 3 is 3.11 bits per heavy atom. The molecule has 1 aromatic rings. The fourth-order valence-corrected chi connectivity index (χ4v) is 2.33. The molecule has 1 heterocycles. The minimum Gasteiger partial charge on any atom is -0.399 e. The molecule has 1 amide bonds. The number of hydrogen-bond donors (Lipinski definition) is 3. The highest BCUT2D eigenvalue weighted by Crippen LogP contribution is 2.13. The predicted molar refractivity (Wildman–Crippen MR) is 75.8 cm³/mol. The Hall–Kier alpha value is -1.59. The Morgan fingerprint density at radius 2 is 2.37 bits per heavy atom. The number of carbonyl (C=O) groups excluding carboxylic acids is 1. The number of rotatable bonds is 4. The van der Waals surface area contributed by atoms with E-state index in [1.54, 1.807) is 12.1 Å². The summed E-state index contributed by atoms with van der Waals surface area (Å²) in [4.78, 5) is 13.9. The van der Waals surface area contributed by atoms with Crippen molar-refractivity contribution in [2.75, 3.05) is 30.7 Å². The first kappa shape index (κ1) is 13.8. The number of aliphatic hydroxyl groups excluding tert-OH is 1. The van der Waals surface area contributed by atoms with E-state index in [0.29, 0.717) is 25.2 Å². The van der Waals surface area contributed by atoms with Crippen LogP contribution >= 0.6 is 0 Å². The van der Waals surface area contributed by atoms with Gasteiger partial charge in [0.15, 0.2) is 0 Å². The first-order valence-electron chi connectivity index (χ1n) is 6.69. The fourth-order valence-electron chi connectivity index (χ4n) is 2.33. The molecule has 1 aliphatic heterocycles. The van der Waals surface area contributed by atoms with Gasteiger partial charge in [-0.15, -0.1) is 0 Å². The van der Waals surface area contributed by atoms with Crippen LogP contribution in [0.1, 0.15) is 19.3 Å². The molecule has 5 nitrogen and oxygen atoms in total. The topological polar surface area (TPSA) is 78.6 Å². The summed E-state index contributed by atoms with van der Waals surface area (Å²) in [6.07, 6.45) is 2.05. The molecule has 2 rings (SSSR count). The van der Waals surface area contributed by atoms with E-state index in [4.69, 9.17) is 5.73 Å². The van der Waals surface area contributed by atoms with E-state index in [1.165, 1.54) is 0 Å². The molecule has 104 valence electrons. The molecule has 1 aromatic carbocycles. The number of amides is 1.